The summed E-state index contributed by atoms with van der Waals surface area (Å²) in [6.45, 7) is 0. The van der Waals surface area contributed by atoms with E-state index in [0.717, 1.165) is 5.56 Å². The van der Waals surface area contributed by atoms with Crippen molar-refractivity contribution >= 4 is 0 Å². The van der Waals surface area contributed by atoms with E-state index in [2.05, 4.69) is 9.97 Å². The molecule has 0 unspecified atom stereocenters. The molecule has 0 aliphatic heterocycles. The molecule has 90 valence electrons. The van der Waals surface area contributed by atoms with Gasteiger partial charge in [0.1, 0.15) is 6.07 Å². The molecule has 0 radical (unpaired) electrons. The molecule has 0 fully saturated rings. The monoisotopic (exact) mass is 241 g/mol. The second kappa shape index (κ2) is 5.15. The van der Waals surface area contributed by atoms with Crippen LogP contribution in [0.2, 0.25) is 0 Å². The first-order valence-electron chi connectivity index (χ1n) is 5.23. The van der Waals surface area contributed by atoms with Crippen molar-refractivity contribution in [1.29, 1.82) is 5.26 Å². The highest BCUT2D eigenvalue weighted by Gasteiger charge is 2.07. The van der Waals surface area contributed by atoms with E-state index in [9.17, 15) is 0 Å². The van der Waals surface area contributed by atoms with Crippen LogP contribution >= 0.6 is 0 Å². The van der Waals surface area contributed by atoms with E-state index < -0.39 is 0 Å². The molecule has 0 bridgehead atoms. The summed E-state index contributed by atoms with van der Waals surface area (Å²) in [6.07, 6.45) is 2.97. The summed E-state index contributed by atoms with van der Waals surface area (Å²) in [6, 6.07) is 7.39. The lowest BCUT2D eigenvalue weighted by Gasteiger charge is -2.08. The van der Waals surface area contributed by atoms with Crippen LogP contribution in [-0.4, -0.2) is 24.2 Å². The Kier molecular flexibility index (Phi) is 3.39. The summed E-state index contributed by atoms with van der Waals surface area (Å²) < 4.78 is 10.4. The number of methoxy groups -OCH3 is 2. The molecule has 0 aliphatic carbocycles. The topological polar surface area (TPSA) is 68.0 Å². The van der Waals surface area contributed by atoms with Crippen molar-refractivity contribution in [2.45, 2.75) is 0 Å². The highest BCUT2D eigenvalue weighted by atomic mass is 16.5. The zero-order valence-electron chi connectivity index (χ0n) is 10.0. The number of hydrogen-bond acceptors (Lipinski definition) is 5. The first kappa shape index (κ1) is 11.9. The van der Waals surface area contributed by atoms with E-state index in [4.69, 9.17) is 14.7 Å². The molecule has 0 amide bonds. The fraction of sp³-hybridized carbons (Fsp3) is 0.154. The number of nitriles is 1. The molecule has 5 heteroatoms. The third kappa shape index (κ3) is 2.23. The van der Waals surface area contributed by atoms with Crippen molar-refractivity contribution in [3.8, 4) is 29.0 Å². The Balaban J connectivity index is 2.41. The normalized spacial score (nSPS) is 9.61. The van der Waals surface area contributed by atoms with Gasteiger partial charge in [0.05, 0.1) is 19.8 Å². The van der Waals surface area contributed by atoms with E-state index in [1.165, 1.54) is 12.4 Å². The van der Waals surface area contributed by atoms with E-state index in [0.29, 0.717) is 22.9 Å². The van der Waals surface area contributed by atoms with Gasteiger partial charge >= 0.3 is 0 Å². The van der Waals surface area contributed by atoms with Gasteiger partial charge in [-0.15, -0.1) is 0 Å². The van der Waals surface area contributed by atoms with Crippen LogP contribution in [0.5, 0.6) is 11.5 Å². The molecular weight excluding hydrogens is 230 g/mol. The van der Waals surface area contributed by atoms with Gasteiger partial charge in [0.15, 0.2) is 17.3 Å². The Morgan fingerprint density at radius 1 is 1.06 bits per heavy atom. The van der Waals surface area contributed by atoms with E-state index in [-0.39, 0.29) is 0 Å². The van der Waals surface area contributed by atoms with Crippen LogP contribution in [0.25, 0.3) is 11.4 Å². The van der Waals surface area contributed by atoms with Gasteiger partial charge in [-0.1, -0.05) is 0 Å². The van der Waals surface area contributed by atoms with Crippen molar-refractivity contribution in [2.75, 3.05) is 14.2 Å². The molecule has 0 atom stereocenters. The van der Waals surface area contributed by atoms with Gasteiger partial charge in [-0.2, -0.15) is 5.26 Å². The van der Waals surface area contributed by atoms with E-state index in [1.54, 1.807) is 26.4 Å². The van der Waals surface area contributed by atoms with Gasteiger partial charge in [0.25, 0.3) is 0 Å². The van der Waals surface area contributed by atoms with E-state index in [1.807, 2.05) is 12.1 Å². The Labute approximate surface area is 105 Å². The maximum atomic E-state index is 8.68. The standard InChI is InChI=1S/C13H11N3O2/c1-17-11-4-3-10(5-12(11)18-2)13-15-7-9(6-14)8-16-13/h3-5,7-8H,1-2H3. The molecule has 0 saturated carbocycles. The highest BCUT2D eigenvalue weighted by Crippen LogP contribution is 2.30. The van der Waals surface area contributed by atoms with Crippen molar-refractivity contribution in [3.63, 3.8) is 0 Å². The molecule has 0 aliphatic rings. The summed E-state index contributed by atoms with van der Waals surface area (Å²) >= 11 is 0. The van der Waals surface area contributed by atoms with Gasteiger partial charge in [-0.3, -0.25) is 0 Å². The first-order valence-corrected chi connectivity index (χ1v) is 5.23. The average molecular weight is 241 g/mol. The van der Waals surface area contributed by atoms with Crippen LogP contribution in [0.1, 0.15) is 5.56 Å². The van der Waals surface area contributed by atoms with Gasteiger partial charge in [0.2, 0.25) is 0 Å². The summed E-state index contributed by atoms with van der Waals surface area (Å²) in [5.74, 6) is 1.80. The fourth-order valence-electron chi connectivity index (χ4n) is 1.51. The molecule has 1 heterocycles. The van der Waals surface area contributed by atoms with Gasteiger partial charge in [0, 0.05) is 18.0 Å². The third-order valence-corrected chi connectivity index (χ3v) is 2.42. The molecule has 2 rings (SSSR count). The molecule has 0 spiro atoms. The van der Waals surface area contributed by atoms with Crippen LogP contribution in [0.4, 0.5) is 0 Å². The number of benzene rings is 1. The maximum Gasteiger partial charge on any atom is 0.161 e. The Morgan fingerprint density at radius 2 is 1.72 bits per heavy atom. The second-order valence-corrected chi connectivity index (χ2v) is 3.48. The second-order valence-electron chi connectivity index (χ2n) is 3.48. The lowest BCUT2D eigenvalue weighted by Crippen LogP contribution is -1.93. The van der Waals surface area contributed by atoms with Gasteiger partial charge in [-0.25, -0.2) is 9.97 Å². The molecule has 1 aromatic carbocycles. The van der Waals surface area contributed by atoms with Crippen molar-refractivity contribution in [1.82, 2.24) is 9.97 Å². The SMILES string of the molecule is COc1ccc(-c2ncc(C#N)cn2)cc1OC. The lowest BCUT2D eigenvalue weighted by molar-refractivity contribution is 0.355. The average Bonchev–Trinajstić information content (AvgIpc) is 2.46. The smallest absolute Gasteiger partial charge is 0.161 e. The number of ether oxygens (including phenoxy) is 2. The molecule has 1 aromatic heterocycles. The molecule has 0 saturated heterocycles. The molecule has 2 aromatic rings. The van der Waals surface area contributed by atoms with Crippen LogP contribution in [-0.2, 0) is 0 Å². The highest BCUT2D eigenvalue weighted by molar-refractivity contribution is 5.61. The number of aromatic nitrogens is 2. The Hall–Kier alpha value is -2.61. The van der Waals surface area contributed by atoms with Crippen molar-refractivity contribution in [3.05, 3.63) is 36.2 Å². The van der Waals surface area contributed by atoms with Crippen molar-refractivity contribution in [2.24, 2.45) is 0 Å². The summed E-state index contributed by atoms with van der Waals surface area (Å²) in [5, 5.41) is 8.68. The Morgan fingerprint density at radius 3 is 2.28 bits per heavy atom. The quantitative estimate of drug-likeness (QED) is 0.822. The van der Waals surface area contributed by atoms with Crippen LogP contribution in [0.15, 0.2) is 30.6 Å². The van der Waals surface area contributed by atoms with Gasteiger partial charge in [-0.05, 0) is 18.2 Å². The molecular formula is C13H11N3O2. The third-order valence-electron chi connectivity index (χ3n) is 2.42. The zero-order chi connectivity index (χ0) is 13.0. The predicted octanol–water partition coefficient (Wildman–Crippen LogP) is 2.03. The van der Waals surface area contributed by atoms with Gasteiger partial charge < -0.3 is 9.47 Å². The zero-order valence-corrected chi connectivity index (χ0v) is 10.0. The minimum atomic E-state index is 0.430. The predicted molar refractivity (Wildman–Crippen MR) is 65.3 cm³/mol. The summed E-state index contributed by atoms with van der Waals surface area (Å²) in [4.78, 5) is 8.24. The first-order chi connectivity index (χ1) is 8.78. The molecule has 0 N–H and O–H groups in total. The minimum absolute atomic E-state index is 0.430. The van der Waals surface area contributed by atoms with Crippen LogP contribution in [0, 0.1) is 11.3 Å². The maximum absolute atomic E-state index is 8.68. The number of nitrogens with zero attached hydrogens (tertiary/aromatic N) is 3. The number of rotatable bonds is 3. The summed E-state index contributed by atoms with van der Waals surface area (Å²) in [5.41, 5.74) is 1.23. The van der Waals surface area contributed by atoms with Crippen LogP contribution < -0.4 is 9.47 Å². The number of hydrogen-bond donors (Lipinski definition) is 0. The largest absolute Gasteiger partial charge is 0.493 e. The fourth-order valence-corrected chi connectivity index (χ4v) is 1.51. The minimum Gasteiger partial charge on any atom is -0.493 e. The molecule has 18 heavy (non-hydrogen) atoms. The molecule has 5 nitrogen and oxygen atoms in total. The summed E-state index contributed by atoms with van der Waals surface area (Å²) in [7, 11) is 3.15. The van der Waals surface area contributed by atoms with E-state index >= 15 is 0 Å². The lowest BCUT2D eigenvalue weighted by atomic mass is 10.2. The Bertz CT molecular complexity index is 588. The van der Waals surface area contributed by atoms with Crippen LogP contribution in [0.3, 0.4) is 0 Å². The van der Waals surface area contributed by atoms with Crippen molar-refractivity contribution < 1.29 is 9.47 Å².